The second-order valence-corrected chi connectivity index (χ2v) is 6.40. The van der Waals surface area contributed by atoms with Gasteiger partial charge in [0.25, 0.3) is 5.56 Å². The van der Waals surface area contributed by atoms with Crippen LogP contribution in [-0.2, 0) is 30.6 Å². The summed E-state index contributed by atoms with van der Waals surface area (Å²) in [4.78, 5) is 24.1. The van der Waals surface area contributed by atoms with Gasteiger partial charge in [0.1, 0.15) is 0 Å². The van der Waals surface area contributed by atoms with Crippen molar-refractivity contribution in [2.75, 3.05) is 6.54 Å². The average Bonchev–Trinajstić information content (AvgIpc) is 2.55. The van der Waals surface area contributed by atoms with Crippen molar-refractivity contribution in [1.82, 2.24) is 15.1 Å². The van der Waals surface area contributed by atoms with Crippen molar-refractivity contribution >= 4 is 5.91 Å². The molecular formula is C19H23N3O2. The molecule has 0 bridgehead atoms. The van der Waals surface area contributed by atoms with E-state index >= 15 is 0 Å². The molecule has 24 heavy (non-hydrogen) atoms. The van der Waals surface area contributed by atoms with Gasteiger partial charge in [-0.25, -0.2) is 4.68 Å². The highest BCUT2D eigenvalue weighted by Crippen LogP contribution is 2.16. The number of hydrogen-bond donors (Lipinski definition) is 1. The van der Waals surface area contributed by atoms with Crippen molar-refractivity contribution in [2.45, 2.75) is 45.6 Å². The van der Waals surface area contributed by atoms with E-state index in [1.807, 2.05) is 31.2 Å². The van der Waals surface area contributed by atoms with Crippen molar-refractivity contribution in [3.63, 3.8) is 0 Å². The van der Waals surface area contributed by atoms with Crippen LogP contribution in [0.15, 0.2) is 35.1 Å². The summed E-state index contributed by atoms with van der Waals surface area (Å²) in [5.74, 6) is -0.0355. The lowest BCUT2D eigenvalue weighted by Gasteiger charge is -2.16. The minimum absolute atomic E-state index is 0.0355. The Balaban J connectivity index is 1.54. The summed E-state index contributed by atoms with van der Waals surface area (Å²) in [6.45, 7) is 2.83. The summed E-state index contributed by atoms with van der Waals surface area (Å²) in [6, 6.07) is 9.62. The molecule has 0 saturated heterocycles. The van der Waals surface area contributed by atoms with Gasteiger partial charge in [-0.15, -0.1) is 0 Å². The highest BCUT2D eigenvalue weighted by atomic mass is 16.1. The largest absolute Gasteiger partial charge is 0.354 e. The fraction of sp³-hybridized carbons (Fsp3) is 0.421. The van der Waals surface area contributed by atoms with Gasteiger partial charge in [0.05, 0.1) is 18.7 Å². The van der Waals surface area contributed by atoms with Crippen molar-refractivity contribution in [3.05, 3.63) is 63.1 Å². The van der Waals surface area contributed by atoms with Gasteiger partial charge < -0.3 is 5.32 Å². The quantitative estimate of drug-likeness (QED) is 0.911. The predicted molar refractivity (Wildman–Crippen MR) is 93.0 cm³/mol. The van der Waals surface area contributed by atoms with E-state index < -0.39 is 0 Å². The third-order valence-electron chi connectivity index (χ3n) is 4.37. The molecule has 1 aromatic carbocycles. The number of fused-ring (bicyclic) bond motifs is 1. The minimum Gasteiger partial charge on any atom is -0.354 e. The Labute approximate surface area is 141 Å². The van der Waals surface area contributed by atoms with Gasteiger partial charge in [0, 0.05) is 12.6 Å². The van der Waals surface area contributed by atoms with Crippen molar-refractivity contribution in [1.29, 1.82) is 0 Å². The Kier molecular flexibility index (Phi) is 5.08. The Hall–Kier alpha value is -2.43. The molecule has 5 nitrogen and oxygen atoms in total. The molecule has 3 rings (SSSR count). The van der Waals surface area contributed by atoms with Gasteiger partial charge >= 0.3 is 0 Å². The molecule has 1 aliphatic carbocycles. The average molecular weight is 325 g/mol. The fourth-order valence-electron chi connectivity index (χ4n) is 3.13. The number of aryl methyl sites for hydroxylation is 3. The number of carbonyl (C=O) groups is 1. The summed E-state index contributed by atoms with van der Waals surface area (Å²) in [7, 11) is 0. The molecule has 0 atom stereocenters. The molecule has 2 aromatic rings. The van der Waals surface area contributed by atoms with Crippen LogP contribution in [0.1, 0.15) is 35.2 Å². The minimum atomic E-state index is -0.0800. The van der Waals surface area contributed by atoms with Gasteiger partial charge in [-0.3, -0.25) is 9.59 Å². The maximum Gasteiger partial charge on any atom is 0.267 e. The van der Waals surface area contributed by atoms with Crippen LogP contribution in [0.4, 0.5) is 0 Å². The van der Waals surface area contributed by atoms with E-state index in [1.165, 1.54) is 4.68 Å². The molecule has 5 heteroatoms. The number of amides is 1. The molecule has 0 radical (unpaired) electrons. The molecule has 0 saturated carbocycles. The fourth-order valence-corrected chi connectivity index (χ4v) is 3.13. The summed E-state index contributed by atoms with van der Waals surface area (Å²) < 4.78 is 1.47. The third kappa shape index (κ3) is 4.10. The van der Waals surface area contributed by atoms with Gasteiger partial charge in [-0.1, -0.05) is 29.8 Å². The Bertz CT molecular complexity index is 795. The monoisotopic (exact) mass is 325 g/mol. The number of benzene rings is 1. The van der Waals surface area contributed by atoms with Crippen molar-refractivity contribution < 1.29 is 4.79 Å². The predicted octanol–water partition coefficient (Wildman–Crippen LogP) is 1.79. The van der Waals surface area contributed by atoms with Crippen LogP contribution >= 0.6 is 0 Å². The lowest BCUT2D eigenvalue weighted by atomic mass is 9.97. The van der Waals surface area contributed by atoms with Gasteiger partial charge in [-0.05, 0) is 43.7 Å². The van der Waals surface area contributed by atoms with Crippen LogP contribution in [-0.4, -0.2) is 22.2 Å². The lowest BCUT2D eigenvalue weighted by molar-refractivity contribution is -0.120. The summed E-state index contributed by atoms with van der Waals surface area (Å²) in [5.41, 5.74) is 4.18. The zero-order valence-electron chi connectivity index (χ0n) is 14.0. The first-order valence-electron chi connectivity index (χ1n) is 8.54. The number of hydrogen-bond acceptors (Lipinski definition) is 3. The Morgan fingerprint density at radius 3 is 2.92 bits per heavy atom. The summed E-state index contributed by atoms with van der Waals surface area (Å²) >= 11 is 0. The van der Waals surface area contributed by atoms with E-state index in [4.69, 9.17) is 0 Å². The Morgan fingerprint density at radius 1 is 1.25 bits per heavy atom. The zero-order chi connectivity index (χ0) is 16.9. The van der Waals surface area contributed by atoms with Crippen molar-refractivity contribution in [3.8, 4) is 0 Å². The van der Waals surface area contributed by atoms with E-state index in [-0.39, 0.29) is 11.5 Å². The highest BCUT2D eigenvalue weighted by molar-refractivity contribution is 5.78. The van der Waals surface area contributed by atoms with Gasteiger partial charge in [-0.2, -0.15) is 5.10 Å². The first-order valence-corrected chi connectivity index (χ1v) is 8.54. The molecule has 0 unspecified atom stereocenters. The number of nitrogens with one attached hydrogen (secondary N) is 1. The molecule has 0 fully saturated rings. The van der Waals surface area contributed by atoms with Gasteiger partial charge in [0.2, 0.25) is 5.91 Å². The maximum absolute atomic E-state index is 12.1. The van der Waals surface area contributed by atoms with E-state index in [2.05, 4.69) is 10.4 Å². The summed E-state index contributed by atoms with van der Waals surface area (Å²) in [6.07, 6.45) is 4.51. The molecule has 1 amide bonds. The van der Waals surface area contributed by atoms with Crippen LogP contribution in [0.5, 0.6) is 0 Å². The maximum atomic E-state index is 12.1. The lowest BCUT2D eigenvalue weighted by Crippen LogP contribution is -2.33. The molecule has 1 heterocycles. The summed E-state index contributed by atoms with van der Waals surface area (Å²) in [5, 5.41) is 7.33. The first kappa shape index (κ1) is 16.4. The molecular weight excluding hydrogens is 302 g/mol. The normalized spacial score (nSPS) is 13.4. The van der Waals surface area contributed by atoms with Crippen LogP contribution in [0.25, 0.3) is 0 Å². The van der Waals surface area contributed by atoms with Gasteiger partial charge in [0.15, 0.2) is 0 Å². The first-order chi connectivity index (χ1) is 11.6. The van der Waals surface area contributed by atoms with Crippen LogP contribution in [0, 0.1) is 6.92 Å². The third-order valence-corrected chi connectivity index (χ3v) is 4.37. The standard InChI is InChI=1S/C19H23N3O2/c1-14-5-4-6-15(11-14)12-18(23)20-9-10-22-19(24)13-16-7-2-3-8-17(16)21-22/h4-6,11,13H,2-3,7-10,12H2,1H3,(H,20,23). The number of nitrogens with zero attached hydrogens (tertiary/aromatic N) is 2. The van der Waals surface area contributed by atoms with E-state index in [1.54, 1.807) is 6.07 Å². The second-order valence-electron chi connectivity index (χ2n) is 6.40. The number of rotatable bonds is 5. The smallest absolute Gasteiger partial charge is 0.267 e. The van der Waals surface area contributed by atoms with Crippen LogP contribution in [0.3, 0.4) is 0 Å². The number of carbonyl (C=O) groups excluding carboxylic acids is 1. The molecule has 0 aliphatic heterocycles. The number of aromatic nitrogens is 2. The molecule has 1 aromatic heterocycles. The van der Waals surface area contributed by atoms with Crippen LogP contribution < -0.4 is 10.9 Å². The molecule has 126 valence electrons. The molecule has 0 spiro atoms. The van der Waals surface area contributed by atoms with E-state index in [9.17, 15) is 9.59 Å². The zero-order valence-corrected chi connectivity index (χ0v) is 14.0. The van der Waals surface area contributed by atoms with E-state index in [0.717, 1.165) is 48.1 Å². The van der Waals surface area contributed by atoms with Crippen LogP contribution in [0.2, 0.25) is 0 Å². The topological polar surface area (TPSA) is 64.0 Å². The molecule has 1 aliphatic rings. The van der Waals surface area contributed by atoms with Crippen molar-refractivity contribution in [2.24, 2.45) is 0 Å². The highest BCUT2D eigenvalue weighted by Gasteiger charge is 2.13. The van der Waals surface area contributed by atoms with E-state index in [0.29, 0.717) is 19.5 Å². The Morgan fingerprint density at radius 2 is 2.08 bits per heavy atom. The SMILES string of the molecule is Cc1cccc(CC(=O)NCCn2nc3c(cc2=O)CCCC3)c1. The molecule has 1 N–H and O–H groups in total. The second kappa shape index (κ2) is 7.43.